The van der Waals surface area contributed by atoms with Gasteiger partial charge < -0.3 is 25.2 Å². The maximum atomic E-state index is 10.3. The summed E-state index contributed by atoms with van der Waals surface area (Å²) in [5.74, 6) is 0.935. The Kier molecular flexibility index (Phi) is 5.00. The van der Waals surface area contributed by atoms with Crippen LogP contribution < -0.4 is 20.1 Å². The Hall–Kier alpha value is -1.79. The molecule has 0 spiro atoms. The number of hydrogen-bond donors (Lipinski definition) is 3. The first-order valence-corrected chi connectivity index (χ1v) is 6.29. The fraction of sp³-hybridized carbons (Fsp3) is 0.462. The van der Waals surface area contributed by atoms with E-state index in [4.69, 9.17) is 14.6 Å². The number of nitrogens with one attached hydrogen (secondary N) is 2. The van der Waals surface area contributed by atoms with Crippen LogP contribution in [-0.4, -0.2) is 50.0 Å². The van der Waals surface area contributed by atoms with Gasteiger partial charge in [-0.15, -0.1) is 0 Å². The molecule has 0 saturated carbocycles. The summed E-state index contributed by atoms with van der Waals surface area (Å²) in [6, 6.07) is 7.31. The number of carboxylic acid groups (broad SMARTS) is 1. The molecule has 2 heterocycles. The average molecular weight is 266 g/mol. The molecule has 2 aliphatic rings. The first kappa shape index (κ1) is 13.6. The van der Waals surface area contributed by atoms with Crippen molar-refractivity contribution in [2.75, 3.05) is 32.8 Å². The van der Waals surface area contributed by atoms with Crippen LogP contribution >= 0.6 is 0 Å². The molecule has 1 atom stereocenters. The summed E-state index contributed by atoms with van der Waals surface area (Å²) in [4.78, 5) is 10.3. The topological polar surface area (TPSA) is 79.8 Å². The predicted molar refractivity (Wildman–Crippen MR) is 69.7 cm³/mol. The highest BCUT2D eigenvalue weighted by Gasteiger charge is 2.18. The number of rotatable bonds is 1. The van der Waals surface area contributed by atoms with E-state index < -0.39 is 12.0 Å². The third-order valence-electron chi connectivity index (χ3n) is 2.79. The number of hydrogen-bond acceptors (Lipinski definition) is 5. The van der Waals surface area contributed by atoms with E-state index >= 15 is 0 Å². The Morgan fingerprint density at radius 3 is 2.21 bits per heavy atom. The minimum absolute atomic E-state index is 0.390. The van der Waals surface area contributed by atoms with Gasteiger partial charge in [0, 0.05) is 19.6 Å². The van der Waals surface area contributed by atoms with E-state index in [2.05, 4.69) is 10.6 Å². The smallest absolute Gasteiger partial charge is 0.322 e. The second-order valence-corrected chi connectivity index (χ2v) is 4.19. The molecular weight excluding hydrogens is 248 g/mol. The van der Waals surface area contributed by atoms with E-state index in [0.29, 0.717) is 19.8 Å². The zero-order valence-corrected chi connectivity index (χ0v) is 10.6. The van der Waals surface area contributed by atoms with Gasteiger partial charge >= 0.3 is 5.97 Å². The van der Waals surface area contributed by atoms with E-state index in [-0.39, 0.29) is 0 Å². The molecule has 3 rings (SSSR count). The molecule has 1 fully saturated rings. The molecule has 1 aromatic rings. The summed E-state index contributed by atoms with van der Waals surface area (Å²) >= 11 is 0. The third-order valence-corrected chi connectivity index (χ3v) is 2.79. The quantitative estimate of drug-likeness (QED) is 0.668. The largest absolute Gasteiger partial charge is 0.486 e. The Bertz CT molecular complexity index is 394. The standard InChI is InChI=1S/C8H8O2.C5H10N2O2/c1-2-4-8-7(3-1)9-5-6-10-8;8-5(9)4-3-6-1-2-7-4/h1-4H,5-6H2;4,6-7H,1-3H2,(H,8,9)/t;4-/m.1/s1. The zero-order valence-electron chi connectivity index (χ0n) is 10.6. The van der Waals surface area contributed by atoms with Crippen molar-refractivity contribution in [2.45, 2.75) is 6.04 Å². The van der Waals surface area contributed by atoms with E-state index in [9.17, 15) is 4.79 Å². The number of piperazine rings is 1. The summed E-state index contributed by atoms with van der Waals surface area (Å²) in [5.41, 5.74) is 0. The summed E-state index contributed by atoms with van der Waals surface area (Å²) < 4.78 is 10.6. The minimum Gasteiger partial charge on any atom is -0.486 e. The zero-order chi connectivity index (χ0) is 13.5. The van der Waals surface area contributed by atoms with Crippen LogP contribution in [0.3, 0.4) is 0 Å². The van der Waals surface area contributed by atoms with Crippen molar-refractivity contribution in [2.24, 2.45) is 0 Å². The fourth-order valence-electron chi connectivity index (χ4n) is 1.82. The van der Waals surface area contributed by atoms with Gasteiger partial charge in [-0.05, 0) is 12.1 Å². The highest BCUT2D eigenvalue weighted by atomic mass is 16.6. The summed E-state index contributed by atoms with van der Waals surface area (Å²) in [6.45, 7) is 3.48. The first-order chi connectivity index (χ1) is 9.27. The van der Waals surface area contributed by atoms with Gasteiger partial charge in [-0.1, -0.05) is 12.1 Å². The molecule has 1 aromatic carbocycles. The van der Waals surface area contributed by atoms with Gasteiger partial charge in [-0.3, -0.25) is 4.79 Å². The molecule has 0 bridgehead atoms. The fourth-order valence-corrected chi connectivity index (χ4v) is 1.82. The van der Waals surface area contributed by atoms with Crippen LogP contribution in [0.4, 0.5) is 0 Å². The average Bonchev–Trinajstić information content (AvgIpc) is 2.49. The lowest BCUT2D eigenvalue weighted by molar-refractivity contribution is -0.139. The lowest BCUT2D eigenvalue weighted by atomic mass is 10.2. The Morgan fingerprint density at radius 1 is 1.16 bits per heavy atom. The summed E-state index contributed by atoms with van der Waals surface area (Å²) in [7, 11) is 0. The Labute approximate surface area is 111 Å². The first-order valence-electron chi connectivity index (χ1n) is 6.29. The SMILES string of the molecule is O=C(O)[C@H]1CNCCN1.c1ccc2c(c1)OCCO2. The minimum atomic E-state index is -0.776. The van der Waals surface area contributed by atoms with Crippen molar-refractivity contribution < 1.29 is 19.4 Å². The monoisotopic (exact) mass is 266 g/mol. The van der Waals surface area contributed by atoms with Gasteiger partial charge in [-0.25, -0.2) is 0 Å². The van der Waals surface area contributed by atoms with E-state index in [1.165, 1.54) is 0 Å². The van der Waals surface area contributed by atoms with Crippen LogP contribution in [0.25, 0.3) is 0 Å². The molecule has 0 aromatic heterocycles. The molecule has 0 unspecified atom stereocenters. The van der Waals surface area contributed by atoms with Gasteiger partial charge in [0.1, 0.15) is 19.3 Å². The van der Waals surface area contributed by atoms with Gasteiger partial charge in [0.25, 0.3) is 0 Å². The van der Waals surface area contributed by atoms with Crippen molar-refractivity contribution in [3.8, 4) is 11.5 Å². The summed E-state index contributed by atoms with van der Waals surface area (Å²) in [6.07, 6.45) is 0. The van der Waals surface area contributed by atoms with Crippen molar-refractivity contribution >= 4 is 5.97 Å². The third kappa shape index (κ3) is 4.11. The number of carbonyl (C=O) groups is 1. The van der Waals surface area contributed by atoms with Crippen molar-refractivity contribution in [3.05, 3.63) is 24.3 Å². The van der Waals surface area contributed by atoms with Crippen LogP contribution in [0, 0.1) is 0 Å². The second kappa shape index (κ2) is 6.96. The molecule has 19 heavy (non-hydrogen) atoms. The Morgan fingerprint density at radius 2 is 1.79 bits per heavy atom. The molecule has 6 nitrogen and oxygen atoms in total. The highest BCUT2D eigenvalue weighted by Crippen LogP contribution is 2.28. The second-order valence-electron chi connectivity index (χ2n) is 4.19. The van der Waals surface area contributed by atoms with Gasteiger partial charge in [-0.2, -0.15) is 0 Å². The molecule has 2 aliphatic heterocycles. The normalized spacial score (nSPS) is 20.9. The van der Waals surface area contributed by atoms with Gasteiger partial charge in [0.05, 0.1) is 0 Å². The van der Waals surface area contributed by atoms with Crippen molar-refractivity contribution in [1.82, 2.24) is 10.6 Å². The predicted octanol–water partition coefficient (Wildman–Crippen LogP) is 0.0902. The number of para-hydroxylation sites is 2. The number of carboxylic acids is 1. The van der Waals surface area contributed by atoms with E-state index in [1.807, 2.05) is 24.3 Å². The molecule has 3 N–H and O–H groups in total. The number of ether oxygens (including phenoxy) is 2. The van der Waals surface area contributed by atoms with Crippen LogP contribution in [0.2, 0.25) is 0 Å². The molecule has 104 valence electrons. The van der Waals surface area contributed by atoms with Crippen LogP contribution in [0.1, 0.15) is 0 Å². The number of benzene rings is 1. The van der Waals surface area contributed by atoms with Crippen molar-refractivity contribution in [3.63, 3.8) is 0 Å². The number of fused-ring (bicyclic) bond motifs is 1. The van der Waals surface area contributed by atoms with Gasteiger partial charge in [0.15, 0.2) is 11.5 Å². The van der Waals surface area contributed by atoms with Crippen molar-refractivity contribution in [1.29, 1.82) is 0 Å². The Balaban J connectivity index is 0.000000141. The lowest BCUT2D eigenvalue weighted by Gasteiger charge is -2.20. The highest BCUT2D eigenvalue weighted by molar-refractivity contribution is 5.73. The molecule has 6 heteroatoms. The molecule has 0 aliphatic carbocycles. The molecule has 1 saturated heterocycles. The van der Waals surface area contributed by atoms with E-state index in [1.54, 1.807) is 0 Å². The molecule has 0 amide bonds. The summed E-state index contributed by atoms with van der Waals surface area (Å²) in [5, 5.41) is 14.3. The van der Waals surface area contributed by atoms with Crippen LogP contribution in [0.15, 0.2) is 24.3 Å². The maximum absolute atomic E-state index is 10.3. The molecular formula is C13H18N2O4. The van der Waals surface area contributed by atoms with Crippen LogP contribution in [-0.2, 0) is 4.79 Å². The molecule has 0 radical (unpaired) electrons. The van der Waals surface area contributed by atoms with Crippen LogP contribution in [0.5, 0.6) is 11.5 Å². The lowest BCUT2D eigenvalue weighted by Crippen LogP contribution is -2.52. The van der Waals surface area contributed by atoms with Gasteiger partial charge in [0.2, 0.25) is 0 Å². The maximum Gasteiger partial charge on any atom is 0.322 e. The van der Waals surface area contributed by atoms with E-state index in [0.717, 1.165) is 24.6 Å². The number of aliphatic carboxylic acids is 1.